The maximum absolute atomic E-state index is 11.8. The molecule has 0 amide bonds. The van der Waals surface area contributed by atoms with Gasteiger partial charge in [-0.2, -0.15) is 0 Å². The molecule has 1 fully saturated rings. The van der Waals surface area contributed by atoms with E-state index in [1.807, 2.05) is 0 Å². The Morgan fingerprint density at radius 3 is 2.05 bits per heavy atom. The molecular weight excluding hydrogens is 248 g/mol. The number of esters is 1. The van der Waals surface area contributed by atoms with E-state index in [4.69, 9.17) is 9.84 Å². The summed E-state index contributed by atoms with van der Waals surface area (Å²) in [6.07, 6.45) is 2.19. The summed E-state index contributed by atoms with van der Waals surface area (Å²) >= 11 is 0. The molecule has 0 aliphatic heterocycles. The lowest BCUT2D eigenvalue weighted by molar-refractivity contribution is 0.00458. The minimum atomic E-state index is -1.03. The maximum atomic E-state index is 11.8. The lowest BCUT2D eigenvalue weighted by atomic mass is 9.95. The molecule has 2 rings (SSSR count). The van der Waals surface area contributed by atoms with E-state index in [-0.39, 0.29) is 17.8 Å². The summed E-state index contributed by atoms with van der Waals surface area (Å²) in [6, 6.07) is 5.65. The molecule has 0 aromatic heterocycles. The number of rotatable bonds is 3. The molecule has 1 aliphatic rings. The first-order chi connectivity index (χ1) is 9.06. The van der Waals surface area contributed by atoms with Crippen LogP contribution in [0.25, 0.3) is 0 Å². The van der Waals surface area contributed by atoms with E-state index in [9.17, 15) is 14.7 Å². The Labute approximate surface area is 110 Å². The largest absolute Gasteiger partial charge is 0.478 e. The lowest BCUT2D eigenvalue weighted by Gasteiger charge is -2.25. The van der Waals surface area contributed by atoms with Gasteiger partial charge in [-0.05, 0) is 49.9 Å². The van der Waals surface area contributed by atoms with Crippen LogP contribution in [0.1, 0.15) is 46.4 Å². The van der Waals surface area contributed by atoms with Crippen molar-refractivity contribution in [3.63, 3.8) is 0 Å². The highest BCUT2D eigenvalue weighted by molar-refractivity contribution is 5.92. The fraction of sp³-hybridized carbons (Fsp3) is 0.429. The van der Waals surface area contributed by atoms with Crippen LogP contribution in [0.2, 0.25) is 0 Å². The van der Waals surface area contributed by atoms with Crippen LogP contribution in [-0.2, 0) is 4.74 Å². The van der Waals surface area contributed by atoms with Crippen molar-refractivity contribution in [2.45, 2.75) is 37.9 Å². The Morgan fingerprint density at radius 2 is 1.53 bits per heavy atom. The normalized spacial score (nSPS) is 22.8. The Balaban J connectivity index is 1.94. The summed E-state index contributed by atoms with van der Waals surface area (Å²) in [5.41, 5.74) is 0.480. The molecule has 5 nitrogen and oxygen atoms in total. The number of carbonyl (C=O) groups is 2. The molecule has 0 bridgehead atoms. The average molecular weight is 264 g/mol. The molecule has 0 heterocycles. The van der Waals surface area contributed by atoms with Gasteiger partial charge in [-0.1, -0.05) is 0 Å². The highest BCUT2D eigenvalue weighted by Gasteiger charge is 2.23. The minimum absolute atomic E-state index is 0.136. The molecule has 0 spiro atoms. The summed E-state index contributed by atoms with van der Waals surface area (Å²) in [5.74, 6) is -1.47. The summed E-state index contributed by atoms with van der Waals surface area (Å²) in [7, 11) is 0. The zero-order valence-corrected chi connectivity index (χ0v) is 10.4. The van der Waals surface area contributed by atoms with Gasteiger partial charge in [-0.25, -0.2) is 9.59 Å². The Hall–Kier alpha value is -1.88. The van der Waals surface area contributed by atoms with E-state index in [2.05, 4.69) is 0 Å². The topological polar surface area (TPSA) is 83.8 Å². The molecule has 0 saturated heterocycles. The van der Waals surface area contributed by atoms with Crippen molar-refractivity contribution in [1.29, 1.82) is 0 Å². The van der Waals surface area contributed by atoms with E-state index in [1.54, 1.807) is 0 Å². The first-order valence-electron chi connectivity index (χ1n) is 6.28. The van der Waals surface area contributed by atoms with Gasteiger partial charge >= 0.3 is 11.9 Å². The number of carboxylic acid groups (broad SMARTS) is 1. The third-order valence-corrected chi connectivity index (χ3v) is 3.28. The number of benzene rings is 1. The summed E-state index contributed by atoms with van der Waals surface area (Å²) < 4.78 is 5.33. The van der Waals surface area contributed by atoms with Crippen LogP contribution < -0.4 is 0 Å². The molecule has 19 heavy (non-hydrogen) atoms. The van der Waals surface area contributed by atoms with Gasteiger partial charge in [0.2, 0.25) is 0 Å². The standard InChI is InChI=1S/C14H16O5/c15-11-5-7-12(8-6-11)19-14(18)10-3-1-9(2-4-10)13(16)17/h1-4,11-12,15H,5-8H2,(H,16,17). The van der Waals surface area contributed by atoms with Crippen molar-refractivity contribution in [3.05, 3.63) is 35.4 Å². The van der Waals surface area contributed by atoms with Crippen LogP contribution in [-0.4, -0.2) is 34.4 Å². The van der Waals surface area contributed by atoms with Gasteiger partial charge in [-0.3, -0.25) is 0 Å². The van der Waals surface area contributed by atoms with Gasteiger partial charge in [0.05, 0.1) is 17.2 Å². The van der Waals surface area contributed by atoms with E-state index in [0.717, 1.165) is 0 Å². The van der Waals surface area contributed by atoms with E-state index in [0.29, 0.717) is 31.2 Å². The molecule has 102 valence electrons. The van der Waals surface area contributed by atoms with Gasteiger partial charge in [0.25, 0.3) is 0 Å². The third kappa shape index (κ3) is 3.54. The van der Waals surface area contributed by atoms with Crippen LogP contribution in [0, 0.1) is 0 Å². The van der Waals surface area contributed by atoms with E-state index in [1.165, 1.54) is 24.3 Å². The Kier molecular flexibility index (Phi) is 4.16. The van der Waals surface area contributed by atoms with E-state index < -0.39 is 11.9 Å². The number of carboxylic acids is 1. The number of aliphatic hydroxyl groups is 1. The van der Waals surface area contributed by atoms with Crippen LogP contribution in [0.15, 0.2) is 24.3 Å². The van der Waals surface area contributed by atoms with Gasteiger partial charge in [-0.15, -0.1) is 0 Å². The molecule has 0 radical (unpaired) electrons. The zero-order valence-electron chi connectivity index (χ0n) is 10.4. The first-order valence-corrected chi connectivity index (χ1v) is 6.28. The van der Waals surface area contributed by atoms with Crippen molar-refractivity contribution >= 4 is 11.9 Å². The molecule has 2 N–H and O–H groups in total. The number of hydrogen-bond donors (Lipinski definition) is 2. The highest BCUT2D eigenvalue weighted by Crippen LogP contribution is 2.22. The van der Waals surface area contributed by atoms with Gasteiger partial charge in [0.1, 0.15) is 6.10 Å². The minimum Gasteiger partial charge on any atom is -0.478 e. The zero-order chi connectivity index (χ0) is 13.8. The molecule has 1 aromatic carbocycles. The van der Waals surface area contributed by atoms with Gasteiger partial charge in [0.15, 0.2) is 0 Å². The molecule has 0 atom stereocenters. The molecule has 0 unspecified atom stereocenters. The van der Waals surface area contributed by atoms with Gasteiger partial charge < -0.3 is 14.9 Å². The van der Waals surface area contributed by atoms with Crippen molar-refractivity contribution in [2.75, 3.05) is 0 Å². The molecule has 1 aromatic rings. The van der Waals surface area contributed by atoms with Crippen molar-refractivity contribution in [3.8, 4) is 0 Å². The predicted molar refractivity (Wildman–Crippen MR) is 67.1 cm³/mol. The molecule has 1 aliphatic carbocycles. The molecule has 1 saturated carbocycles. The number of aromatic carboxylic acids is 1. The second-order valence-electron chi connectivity index (χ2n) is 4.72. The summed E-state index contributed by atoms with van der Waals surface area (Å²) in [5, 5.41) is 18.1. The van der Waals surface area contributed by atoms with Crippen LogP contribution in [0.4, 0.5) is 0 Å². The monoisotopic (exact) mass is 264 g/mol. The molecular formula is C14H16O5. The Morgan fingerprint density at radius 1 is 1.00 bits per heavy atom. The second-order valence-corrected chi connectivity index (χ2v) is 4.72. The lowest BCUT2D eigenvalue weighted by Crippen LogP contribution is -2.26. The SMILES string of the molecule is O=C(O)c1ccc(C(=O)OC2CCC(O)CC2)cc1. The molecule has 5 heteroatoms. The van der Waals surface area contributed by atoms with Crippen LogP contribution >= 0.6 is 0 Å². The fourth-order valence-corrected chi connectivity index (χ4v) is 2.13. The Bertz CT molecular complexity index is 457. The number of ether oxygens (including phenoxy) is 1. The smallest absolute Gasteiger partial charge is 0.338 e. The maximum Gasteiger partial charge on any atom is 0.338 e. The van der Waals surface area contributed by atoms with Crippen molar-refractivity contribution < 1.29 is 24.5 Å². The quantitative estimate of drug-likeness (QED) is 0.814. The number of hydrogen-bond acceptors (Lipinski definition) is 4. The van der Waals surface area contributed by atoms with E-state index >= 15 is 0 Å². The first kappa shape index (κ1) is 13.5. The number of aliphatic hydroxyl groups excluding tert-OH is 1. The summed E-state index contributed by atoms with van der Waals surface area (Å²) in [4.78, 5) is 22.5. The third-order valence-electron chi connectivity index (χ3n) is 3.28. The van der Waals surface area contributed by atoms with Crippen LogP contribution in [0.5, 0.6) is 0 Å². The van der Waals surface area contributed by atoms with Crippen LogP contribution in [0.3, 0.4) is 0 Å². The summed E-state index contributed by atoms with van der Waals surface area (Å²) in [6.45, 7) is 0. The second kappa shape index (κ2) is 5.84. The average Bonchev–Trinajstić information content (AvgIpc) is 2.41. The van der Waals surface area contributed by atoms with Crippen molar-refractivity contribution in [1.82, 2.24) is 0 Å². The number of carbonyl (C=O) groups excluding carboxylic acids is 1. The highest BCUT2D eigenvalue weighted by atomic mass is 16.5. The predicted octanol–water partition coefficient (Wildman–Crippen LogP) is 1.85. The van der Waals surface area contributed by atoms with Gasteiger partial charge in [0, 0.05) is 0 Å². The van der Waals surface area contributed by atoms with Crippen molar-refractivity contribution in [2.24, 2.45) is 0 Å². The fourth-order valence-electron chi connectivity index (χ4n) is 2.13.